The highest BCUT2D eigenvalue weighted by atomic mass is 32.2. The van der Waals surface area contributed by atoms with E-state index in [4.69, 9.17) is 4.74 Å². The highest BCUT2D eigenvalue weighted by Crippen LogP contribution is 2.17. The van der Waals surface area contributed by atoms with Crippen molar-refractivity contribution < 1.29 is 17.9 Å². The van der Waals surface area contributed by atoms with Crippen LogP contribution in [0.2, 0.25) is 0 Å². The Morgan fingerprint density at radius 2 is 1.91 bits per heavy atom. The van der Waals surface area contributed by atoms with Crippen LogP contribution in [0, 0.1) is 6.92 Å². The number of aryl methyl sites for hydroxylation is 1. The van der Waals surface area contributed by atoms with Crippen LogP contribution in [0.1, 0.15) is 29.8 Å². The molecule has 1 rings (SSSR count). The van der Waals surface area contributed by atoms with Crippen LogP contribution in [0.3, 0.4) is 0 Å². The molecule has 124 valence electrons. The van der Waals surface area contributed by atoms with Gasteiger partial charge in [-0.15, -0.1) is 0 Å². The minimum absolute atomic E-state index is 0.0877. The van der Waals surface area contributed by atoms with E-state index in [2.05, 4.69) is 4.72 Å². The highest BCUT2D eigenvalue weighted by Gasteiger charge is 2.20. The number of carbonyl (C=O) groups is 1. The fraction of sp³-hybridized carbons (Fsp3) is 0.533. The van der Waals surface area contributed by atoms with Gasteiger partial charge in [0.15, 0.2) is 0 Å². The van der Waals surface area contributed by atoms with E-state index < -0.39 is 10.0 Å². The van der Waals surface area contributed by atoms with Gasteiger partial charge in [-0.05, 0) is 38.5 Å². The summed E-state index contributed by atoms with van der Waals surface area (Å²) in [6.45, 7) is 7.22. The molecule has 0 aliphatic heterocycles. The number of hydrogen-bond acceptors (Lipinski definition) is 4. The first-order chi connectivity index (χ1) is 10.4. The molecule has 6 nitrogen and oxygen atoms in total. The van der Waals surface area contributed by atoms with Gasteiger partial charge in [0.05, 0.1) is 11.5 Å². The largest absolute Gasteiger partial charge is 0.383 e. The second-order valence-electron chi connectivity index (χ2n) is 4.84. The number of hydrogen-bond donors (Lipinski definition) is 1. The van der Waals surface area contributed by atoms with Gasteiger partial charge >= 0.3 is 0 Å². The molecule has 0 aromatic heterocycles. The fourth-order valence-electron chi connectivity index (χ4n) is 2.04. The molecule has 0 spiro atoms. The van der Waals surface area contributed by atoms with E-state index in [1.54, 1.807) is 17.9 Å². The molecule has 0 aliphatic carbocycles. The Labute approximate surface area is 132 Å². The lowest BCUT2D eigenvalue weighted by atomic mass is 10.1. The molecule has 0 heterocycles. The van der Waals surface area contributed by atoms with Crippen LogP contribution in [0.5, 0.6) is 0 Å². The molecule has 0 atom stereocenters. The summed E-state index contributed by atoms with van der Waals surface area (Å²) in [6.07, 6.45) is 0. The van der Waals surface area contributed by atoms with Crippen molar-refractivity contribution in [3.63, 3.8) is 0 Å². The molecule has 0 saturated heterocycles. The number of nitrogens with one attached hydrogen (secondary N) is 1. The van der Waals surface area contributed by atoms with Crippen LogP contribution < -0.4 is 4.72 Å². The summed E-state index contributed by atoms with van der Waals surface area (Å²) in [6, 6.07) is 4.59. The topological polar surface area (TPSA) is 75.7 Å². The average Bonchev–Trinajstić information content (AvgIpc) is 2.48. The molecule has 0 fully saturated rings. The van der Waals surface area contributed by atoms with E-state index in [0.717, 1.165) is 5.56 Å². The number of ether oxygens (including phenoxy) is 1. The molecule has 0 aliphatic rings. The first-order valence-corrected chi connectivity index (χ1v) is 8.74. The van der Waals surface area contributed by atoms with Gasteiger partial charge < -0.3 is 9.64 Å². The zero-order valence-electron chi connectivity index (χ0n) is 13.5. The van der Waals surface area contributed by atoms with Crippen molar-refractivity contribution in [1.82, 2.24) is 9.62 Å². The normalized spacial score (nSPS) is 11.5. The van der Waals surface area contributed by atoms with Crippen molar-refractivity contribution in [3.8, 4) is 0 Å². The van der Waals surface area contributed by atoms with Crippen LogP contribution in [0.25, 0.3) is 0 Å². The van der Waals surface area contributed by atoms with E-state index in [0.29, 0.717) is 18.7 Å². The Balaban J connectivity index is 3.11. The first kappa shape index (κ1) is 18.6. The van der Waals surface area contributed by atoms with Crippen molar-refractivity contribution in [2.24, 2.45) is 0 Å². The number of sulfonamides is 1. The lowest BCUT2D eigenvalue weighted by molar-refractivity contribution is 0.0772. The van der Waals surface area contributed by atoms with E-state index in [1.165, 1.54) is 19.2 Å². The predicted molar refractivity (Wildman–Crippen MR) is 85.5 cm³/mol. The molecule has 0 unspecified atom stereocenters. The van der Waals surface area contributed by atoms with Crippen molar-refractivity contribution in [2.45, 2.75) is 25.7 Å². The van der Waals surface area contributed by atoms with Crippen LogP contribution in [-0.4, -0.2) is 52.6 Å². The van der Waals surface area contributed by atoms with E-state index in [-0.39, 0.29) is 24.0 Å². The van der Waals surface area contributed by atoms with Gasteiger partial charge in [-0.1, -0.05) is 6.07 Å². The molecule has 1 aromatic rings. The Kier molecular flexibility index (Phi) is 6.99. The van der Waals surface area contributed by atoms with E-state index >= 15 is 0 Å². The number of benzene rings is 1. The van der Waals surface area contributed by atoms with Crippen LogP contribution in [0.15, 0.2) is 23.1 Å². The zero-order valence-corrected chi connectivity index (χ0v) is 14.4. The van der Waals surface area contributed by atoms with Crippen molar-refractivity contribution in [1.29, 1.82) is 0 Å². The maximum Gasteiger partial charge on any atom is 0.254 e. The molecule has 1 amide bonds. The number of amides is 1. The smallest absolute Gasteiger partial charge is 0.254 e. The molecule has 0 bridgehead atoms. The molecule has 1 aromatic carbocycles. The molecular weight excluding hydrogens is 304 g/mol. The van der Waals surface area contributed by atoms with Gasteiger partial charge in [0, 0.05) is 32.3 Å². The fourth-order valence-corrected chi connectivity index (χ4v) is 3.08. The van der Waals surface area contributed by atoms with Crippen molar-refractivity contribution in [2.75, 3.05) is 33.4 Å². The predicted octanol–water partition coefficient (Wildman–Crippen LogP) is 1.40. The number of rotatable bonds is 8. The van der Waals surface area contributed by atoms with Gasteiger partial charge in [-0.2, -0.15) is 0 Å². The lowest BCUT2D eigenvalue weighted by Gasteiger charge is -2.20. The summed E-state index contributed by atoms with van der Waals surface area (Å²) in [4.78, 5) is 14.2. The first-order valence-electron chi connectivity index (χ1n) is 7.25. The summed E-state index contributed by atoms with van der Waals surface area (Å²) in [5.74, 6) is -0.156. The monoisotopic (exact) mass is 328 g/mol. The maximum atomic E-state index is 12.5. The third-order valence-corrected chi connectivity index (χ3v) is 4.86. The summed E-state index contributed by atoms with van der Waals surface area (Å²) >= 11 is 0. The standard InChI is InChI=1S/C15H24N2O4S/c1-5-17(6-2)15(18)14-11-13(8-7-12(14)3)22(19,20)16-9-10-21-4/h7-8,11,16H,5-6,9-10H2,1-4H3. The summed E-state index contributed by atoms with van der Waals surface area (Å²) in [5.41, 5.74) is 1.17. The Morgan fingerprint density at radius 1 is 1.27 bits per heavy atom. The maximum absolute atomic E-state index is 12.5. The Morgan fingerprint density at radius 3 is 2.45 bits per heavy atom. The SMILES string of the molecule is CCN(CC)C(=O)c1cc(S(=O)(=O)NCCOC)ccc1C. The number of carbonyl (C=O) groups excluding carboxylic acids is 1. The van der Waals surface area contributed by atoms with Crippen molar-refractivity contribution in [3.05, 3.63) is 29.3 Å². The number of methoxy groups -OCH3 is 1. The molecular formula is C15H24N2O4S. The van der Waals surface area contributed by atoms with E-state index in [9.17, 15) is 13.2 Å². The second kappa shape index (κ2) is 8.26. The molecule has 0 radical (unpaired) electrons. The summed E-state index contributed by atoms with van der Waals surface area (Å²) in [7, 11) is -2.14. The molecule has 22 heavy (non-hydrogen) atoms. The summed E-state index contributed by atoms with van der Waals surface area (Å²) in [5, 5.41) is 0. The number of nitrogens with zero attached hydrogens (tertiary/aromatic N) is 1. The molecule has 7 heteroatoms. The third kappa shape index (κ3) is 4.53. The third-order valence-electron chi connectivity index (χ3n) is 3.40. The quantitative estimate of drug-likeness (QED) is 0.732. The van der Waals surface area contributed by atoms with Gasteiger partial charge in [0.25, 0.3) is 5.91 Å². The molecule has 1 N–H and O–H groups in total. The Bertz CT molecular complexity index is 610. The van der Waals surface area contributed by atoms with Crippen LogP contribution >= 0.6 is 0 Å². The summed E-state index contributed by atoms with van der Waals surface area (Å²) < 4.78 is 31.7. The Hall–Kier alpha value is -1.44. The van der Waals surface area contributed by atoms with Gasteiger partial charge in [0.1, 0.15) is 0 Å². The van der Waals surface area contributed by atoms with Gasteiger partial charge in [-0.3, -0.25) is 4.79 Å². The van der Waals surface area contributed by atoms with Gasteiger partial charge in [0.2, 0.25) is 10.0 Å². The minimum Gasteiger partial charge on any atom is -0.383 e. The zero-order chi connectivity index (χ0) is 16.8. The van der Waals surface area contributed by atoms with Crippen molar-refractivity contribution >= 4 is 15.9 Å². The second-order valence-corrected chi connectivity index (χ2v) is 6.61. The minimum atomic E-state index is -3.65. The van der Waals surface area contributed by atoms with Gasteiger partial charge in [-0.25, -0.2) is 13.1 Å². The highest BCUT2D eigenvalue weighted by molar-refractivity contribution is 7.89. The lowest BCUT2D eigenvalue weighted by Crippen LogP contribution is -2.31. The molecule has 0 saturated carbocycles. The average molecular weight is 328 g/mol. The van der Waals surface area contributed by atoms with Crippen LogP contribution in [0.4, 0.5) is 0 Å². The van der Waals surface area contributed by atoms with E-state index in [1.807, 2.05) is 13.8 Å². The van der Waals surface area contributed by atoms with Crippen LogP contribution in [-0.2, 0) is 14.8 Å².